The van der Waals surface area contributed by atoms with Crippen molar-refractivity contribution in [2.45, 2.75) is 50.6 Å². The quantitative estimate of drug-likeness (QED) is 0.683. The molecule has 1 spiro atoms. The van der Waals surface area contributed by atoms with Crippen molar-refractivity contribution in [1.29, 1.82) is 0 Å². The van der Waals surface area contributed by atoms with Crippen molar-refractivity contribution in [3.63, 3.8) is 0 Å². The number of methoxy groups -OCH3 is 1. The van der Waals surface area contributed by atoms with Gasteiger partial charge >= 0.3 is 6.09 Å². The average molecular weight is 451 g/mol. The average Bonchev–Trinajstić information content (AvgIpc) is 3.61. The maximum atomic E-state index is 14.3. The molecule has 6 heteroatoms. The lowest BCUT2D eigenvalue weighted by atomic mass is 9.73. The molecule has 3 saturated heterocycles. The number of hydrogen-bond acceptors (Lipinski definition) is 3. The molecule has 0 aromatic heterocycles. The van der Waals surface area contributed by atoms with Crippen LogP contribution in [-0.4, -0.2) is 53.8 Å². The summed E-state index contributed by atoms with van der Waals surface area (Å²) in [7, 11) is 1.47. The molecule has 2 aromatic carbocycles. The molecule has 3 heterocycles. The molecule has 1 saturated carbocycles. The number of benzene rings is 2. The standard InChI is InChI=1S/C27H31FN2O3/c1-33-24-5-3-19(15-22(24)28)18-2-4-21-20(14-18)6-9-27(10-11-27)25(21)30(26(31)32)23-16-29-12-7-17(23)8-13-29/h2-5,14-15,17,23,25H,6-13,16H2,1H3,(H,31,32)/t23-,25?/m1/s1. The zero-order chi connectivity index (χ0) is 22.7. The fraction of sp³-hybridized carbons (Fsp3) is 0.519. The van der Waals surface area contributed by atoms with Crippen LogP contribution in [0.4, 0.5) is 9.18 Å². The number of carbonyl (C=O) groups is 1. The lowest BCUT2D eigenvalue weighted by Crippen LogP contribution is -2.60. The van der Waals surface area contributed by atoms with Crippen molar-refractivity contribution in [3.05, 3.63) is 53.3 Å². The Kier molecular flexibility index (Phi) is 4.91. The van der Waals surface area contributed by atoms with Gasteiger partial charge in [0.05, 0.1) is 19.2 Å². The van der Waals surface area contributed by atoms with E-state index in [1.54, 1.807) is 6.07 Å². The molecule has 0 radical (unpaired) electrons. The molecule has 33 heavy (non-hydrogen) atoms. The fourth-order valence-corrected chi connectivity index (χ4v) is 6.79. The second-order valence-electron chi connectivity index (χ2n) is 10.4. The number of nitrogens with zero attached hydrogens (tertiary/aromatic N) is 2. The first-order valence-corrected chi connectivity index (χ1v) is 12.2. The second-order valence-corrected chi connectivity index (χ2v) is 10.4. The van der Waals surface area contributed by atoms with Crippen LogP contribution < -0.4 is 4.74 Å². The lowest BCUT2D eigenvalue weighted by molar-refractivity contribution is -0.0243. The van der Waals surface area contributed by atoms with Gasteiger partial charge < -0.3 is 14.7 Å². The number of halogens is 1. The summed E-state index contributed by atoms with van der Waals surface area (Å²) in [6.45, 7) is 3.06. The normalized spacial score (nSPS) is 28.9. The fourth-order valence-electron chi connectivity index (χ4n) is 6.79. The molecule has 7 rings (SSSR count). The number of piperidine rings is 3. The van der Waals surface area contributed by atoms with Crippen molar-refractivity contribution < 1.29 is 19.0 Å². The van der Waals surface area contributed by atoms with Crippen molar-refractivity contribution in [1.82, 2.24) is 9.80 Å². The minimum Gasteiger partial charge on any atom is -0.494 e. The Balaban J connectivity index is 1.39. The molecule has 2 atom stereocenters. The topological polar surface area (TPSA) is 53.0 Å². The van der Waals surface area contributed by atoms with Gasteiger partial charge in [-0.1, -0.05) is 24.3 Å². The van der Waals surface area contributed by atoms with Gasteiger partial charge in [-0.2, -0.15) is 0 Å². The Morgan fingerprint density at radius 1 is 1.12 bits per heavy atom. The number of fused-ring (bicyclic) bond motifs is 4. The highest BCUT2D eigenvalue weighted by Gasteiger charge is 2.57. The minimum atomic E-state index is -0.779. The molecule has 1 N–H and O–H groups in total. The third-order valence-corrected chi connectivity index (χ3v) is 8.77. The number of aryl methyl sites for hydroxylation is 1. The van der Waals surface area contributed by atoms with E-state index in [-0.39, 0.29) is 29.1 Å². The van der Waals surface area contributed by atoms with Crippen molar-refractivity contribution >= 4 is 6.09 Å². The summed E-state index contributed by atoms with van der Waals surface area (Å²) in [5, 5.41) is 10.5. The van der Waals surface area contributed by atoms with E-state index in [4.69, 9.17) is 4.74 Å². The molecule has 5 nitrogen and oxygen atoms in total. The minimum absolute atomic E-state index is 0.0776. The summed E-state index contributed by atoms with van der Waals surface area (Å²) in [5.41, 5.74) is 4.23. The smallest absolute Gasteiger partial charge is 0.408 e. The Hall–Kier alpha value is -2.60. The van der Waals surface area contributed by atoms with Crippen LogP contribution in [0.15, 0.2) is 36.4 Å². The predicted octanol–water partition coefficient (Wildman–Crippen LogP) is 5.34. The lowest BCUT2D eigenvalue weighted by Gasteiger charge is -2.52. The van der Waals surface area contributed by atoms with Gasteiger partial charge in [0.1, 0.15) is 0 Å². The van der Waals surface area contributed by atoms with E-state index in [1.165, 1.54) is 18.7 Å². The summed E-state index contributed by atoms with van der Waals surface area (Å²) in [6.07, 6.45) is 5.61. The molecule has 1 amide bonds. The SMILES string of the molecule is COc1ccc(-c2ccc3c(c2)CCC2(CC2)C3N(C(=O)O)[C@@H]2CN3CCC2CC3)cc1F. The molecular weight excluding hydrogens is 419 g/mol. The highest BCUT2D eigenvalue weighted by molar-refractivity contribution is 5.69. The molecule has 2 aromatic rings. The zero-order valence-electron chi connectivity index (χ0n) is 19.1. The van der Waals surface area contributed by atoms with E-state index in [2.05, 4.69) is 17.0 Å². The van der Waals surface area contributed by atoms with E-state index in [0.717, 1.165) is 74.8 Å². The van der Waals surface area contributed by atoms with Crippen LogP contribution in [-0.2, 0) is 6.42 Å². The van der Waals surface area contributed by atoms with Crippen LogP contribution in [0.2, 0.25) is 0 Å². The van der Waals surface area contributed by atoms with Gasteiger partial charge in [-0.15, -0.1) is 0 Å². The second kappa shape index (κ2) is 7.73. The van der Waals surface area contributed by atoms with E-state index < -0.39 is 6.09 Å². The van der Waals surface area contributed by atoms with Crippen LogP contribution in [0.5, 0.6) is 5.75 Å². The molecule has 174 valence electrons. The van der Waals surface area contributed by atoms with Gasteiger partial charge in [-0.25, -0.2) is 9.18 Å². The third kappa shape index (κ3) is 3.41. The van der Waals surface area contributed by atoms with Crippen LogP contribution in [0, 0.1) is 17.2 Å². The van der Waals surface area contributed by atoms with Crippen molar-refractivity contribution in [2.24, 2.45) is 11.3 Å². The summed E-state index contributed by atoms with van der Waals surface area (Å²) < 4.78 is 19.4. The van der Waals surface area contributed by atoms with Crippen molar-refractivity contribution in [2.75, 3.05) is 26.7 Å². The summed E-state index contributed by atoms with van der Waals surface area (Å²) in [6, 6.07) is 11.4. The van der Waals surface area contributed by atoms with Crippen LogP contribution in [0.1, 0.15) is 49.3 Å². The molecule has 2 aliphatic carbocycles. The van der Waals surface area contributed by atoms with E-state index in [1.807, 2.05) is 17.0 Å². The Bertz CT molecular complexity index is 1090. The van der Waals surface area contributed by atoms with E-state index in [0.29, 0.717) is 5.92 Å². The molecule has 4 fully saturated rings. The molecular formula is C27H31FN2O3. The van der Waals surface area contributed by atoms with E-state index >= 15 is 0 Å². The first-order valence-electron chi connectivity index (χ1n) is 12.2. The molecule has 5 aliphatic rings. The van der Waals surface area contributed by atoms with E-state index in [9.17, 15) is 14.3 Å². The monoisotopic (exact) mass is 450 g/mol. The number of amides is 1. The number of ether oxygens (including phenoxy) is 1. The van der Waals surface area contributed by atoms with Gasteiger partial charge in [0, 0.05) is 6.54 Å². The maximum Gasteiger partial charge on any atom is 0.408 e. The van der Waals surface area contributed by atoms with Gasteiger partial charge in [-0.05, 0) is 97.3 Å². The summed E-state index contributed by atoms with van der Waals surface area (Å²) >= 11 is 0. The number of hydrogen-bond donors (Lipinski definition) is 1. The zero-order valence-corrected chi connectivity index (χ0v) is 19.1. The van der Waals surface area contributed by atoms with Gasteiger partial charge in [-0.3, -0.25) is 4.90 Å². The van der Waals surface area contributed by atoms with Gasteiger partial charge in [0.25, 0.3) is 0 Å². The highest BCUT2D eigenvalue weighted by atomic mass is 19.1. The van der Waals surface area contributed by atoms with Crippen LogP contribution in [0.3, 0.4) is 0 Å². The first-order chi connectivity index (χ1) is 16.0. The highest BCUT2D eigenvalue weighted by Crippen LogP contribution is 2.63. The molecule has 2 bridgehead atoms. The Morgan fingerprint density at radius 2 is 1.85 bits per heavy atom. The molecule has 3 aliphatic heterocycles. The number of carboxylic acid groups (broad SMARTS) is 1. The summed E-state index contributed by atoms with van der Waals surface area (Å²) in [5.74, 6) is 0.331. The van der Waals surface area contributed by atoms with Crippen LogP contribution in [0.25, 0.3) is 11.1 Å². The third-order valence-electron chi connectivity index (χ3n) is 8.77. The predicted molar refractivity (Wildman–Crippen MR) is 124 cm³/mol. The maximum absolute atomic E-state index is 14.3. The number of rotatable bonds is 4. The van der Waals surface area contributed by atoms with Crippen molar-refractivity contribution in [3.8, 4) is 16.9 Å². The van der Waals surface area contributed by atoms with Gasteiger partial charge in [0.15, 0.2) is 11.6 Å². The summed E-state index contributed by atoms with van der Waals surface area (Å²) in [4.78, 5) is 17.0. The largest absolute Gasteiger partial charge is 0.494 e. The first kappa shape index (κ1) is 21.0. The van der Waals surface area contributed by atoms with Crippen LogP contribution >= 0.6 is 0 Å². The Labute approximate surface area is 194 Å². The molecule has 1 unspecified atom stereocenters. The Morgan fingerprint density at radius 3 is 2.45 bits per heavy atom. The van der Waals surface area contributed by atoms with Gasteiger partial charge in [0.2, 0.25) is 0 Å².